The summed E-state index contributed by atoms with van der Waals surface area (Å²) >= 11 is 12.5. The number of hydrogen-bond acceptors (Lipinski definition) is 4. The van der Waals surface area contributed by atoms with Crippen LogP contribution in [0.1, 0.15) is 32.6 Å². The minimum absolute atomic E-state index is 0.268. The maximum absolute atomic E-state index is 12.9. The molecule has 0 saturated carbocycles. The quantitative estimate of drug-likeness (QED) is 0.287. The van der Waals surface area contributed by atoms with Gasteiger partial charge in [-0.1, -0.05) is 41.4 Å². The average molecular weight is 510 g/mol. The van der Waals surface area contributed by atoms with Gasteiger partial charge >= 0.3 is 0 Å². The number of halogens is 2. The third-order valence-corrected chi connectivity index (χ3v) is 6.25. The van der Waals surface area contributed by atoms with Crippen molar-refractivity contribution < 1.29 is 14.3 Å². The summed E-state index contributed by atoms with van der Waals surface area (Å²) < 4.78 is 13.2. The van der Waals surface area contributed by atoms with Crippen LogP contribution in [-0.4, -0.2) is 22.8 Å². The lowest BCUT2D eigenvalue weighted by molar-refractivity contribution is 0.102. The molecule has 0 saturated heterocycles. The fourth-order valence-electron chi connectivity index (χ4n) is 3.61. The highest BCUT2D eigenvalue weighted by Crippen LogP contribution is 2.27. The van der Waals surface area contributed by atoms with Gasteiger partial charge in [0, 0.05) is 32.9 Å². The van der Waals surface area contributed by atoms with E-state index in [4.69, 9.17) is 32.7 Å². The van der Waals surface area contributed by atoms with Crippen LogP contribution in [0.2, 0.25) is 10.0 Å². The highest BCUT2D eigenvalue weighted by Gasteiger charge is 2.14. The molecule has 1 heterocycles. The molecule has 0 aliphatic carbocycles. The molecule has 0 bridgehead atoms. The number of methoxy groups -OCH3 is 1. The molecule has 0 atom stereocenters. The monoisotopic (exact) mass is 509 g/mol. The van der Waals surface area contributed by atoms with Gasteiger partial charge in [-0.2, -0.15) is 5.10 Å². The van der Waals surface area contributed by atoms with Crippen LogP contribution >= 0.6 is 23.2 Å². The molecule has 3 aromatic carbocycles. The van der Waals surface area contributed by atoms with E-state index in [2.05, 4.69) is 10.4 Å². The van der Waals surface area contributed by atoms with E-state index in [0.717, 1.165) is 28.0 Å². The molecule has 0 radical (unpaired) electrons. The van der Waals surface area contributed by atoms with Gasteiger partial charge in [0.2, 0.25) is 0 Å². The molecular formula is C27H25Cl2N3O3. The second-order valence-electron chi connectivity index (χ2n) is 8.17. The maximum Gasteiger partial charge on any atom is 0.255 e. The number of benzene rings is 3. The first-order valence-electron chi connectivity index (χ1n) is 11.0. The van der Waals surface area contributed by atoms with Gasteiger partial charge < -0.3 is 14.8 Å². The molecule has 8 heteroatoms. The topological polar surface area (TPSA) is 65.4 Å². The normalized spacial score (nSPS) is 10.8. The molecule has 1 amide bonds. The molecule has 35 heavy (non-hydrogen) atoms. The van der Waals surface area contributed by atoms with Gasteiger partial charge in [-0.05, 0) is 61.4 Å². The van der Waals surface area contributed by atoms with E-state index in [1.54, 1.807) is 60.6 Å². The lowest BCUT2D eigenvalue weighted by Gasteiger charge is -2.14. The van der Waals surface area contributed by atoms with E-state index in [1.165, 1.54) is 0 Å². The summed E-state index contributed by atoms with van der Waals surface area (Å²) in [5.74, 6) is 1.18. The molecule has 4 aromatic rings. The van der Waals surface area contributed by atoms with E-state index < -0.39 is 0 Å². The first-order chi connectivity index (χ1) is 16.8. The largest absolute Gasteiger partial charge is 0.496 e. The Labute approximate surface area is 214 Å². The number of hydrogen-bond donors (Lipinski definition) is 1. The van der Waals surface area contributed by atoms with Crippen LogP contribution in [0.5, 0.6) is 11.5 Å². The van der Waals surface area contributed by atoms with Gasteiger partial charge in [-0.3, -0.25) is 9.48 Å². The van der Waals surface area contributed by atoms with E-state index >= 15 is 0 Å². The number of ether oxygens (including phenoxy) is 2. The Morgan fingerprint density at radius 1 is 1.03 bits per heavy atom. The lowest BCUT2D eigenvalue weighted by Crippen LogP contribution is -2.12. The van der Waals surface area contributed by atoms with Gasteiger partial charge in [0.15, 0.2) is 0 Å². The standard InChI is InChI=1S/C27H25Cl2N3O3/c1-17-7-8-18(2)26(11-17)35-16-20-12-19(9-10-25(20)34-3)27(33)31-21-13-30-32(14-21)15-22-23(28)5-4-6-24(22)29/h4-14H,15-16H2,1-3H3,(H,31,33). The second-order valence-corrected chi connectivity index (χ2v) is 8.98. The van der Waals surface area contributed by atoms with Gasteiger partial charge in [0.25, 0.3) is 5.91 Å². The van der Waals surface area contributed by atoms with Crippen LogP contribution in [0.3, 0.4) is 0 Å². The Hall–Kier alpha value is -3.48. The number of aryl methyl sites for hydroxylation is 2. The Bertz CT molecular complexity index is 1350. The molecule has 0 spiro atoms. The van der Waals surface area contributed by atoms with Crippen molar-refractivity contribution >= 4 is 34.8 Å². The number of rotatable bonds is 8. The van der Waals surface area contributed by atoms with Crippen molar-refractivity contribution in [2.24, 2.45) is 0 Å². The highest BCUT2D eigenvalue weighted by molar-refractivity contribution is 6.36. The van der Waals surface area contributed by atoms with Crippen LogP contribution in [0.25, 0.3) is 0 Å². The van der Waals surface area contributed by atoms with Crippen LogP contribution in [-0.2, 0) is 13.2 Å². The van der Waals surface area contributed by atoms with Crippen molar-refractivity contribution in [2.45, 2.75) is 27.0 Å². The smallest absolute Gasteiger partial charge is 0.255 e. The molecule has 0 fully saturated rings. The maximum atomic E-state index is 12.9. The van der Waals surface area contributed by atoms with Crippen LogP contribution in [0.4, 0.5) is 5.69 Å². The van der Waals surface area contributed by atoms with E-state index in [9.17, 15) is 4.79 Å². The molecule has 0 aliphatic heterocycles. The highest BCUT2D eigenvalue weighted by atomic mass is 35.5. The van der Waals surface area contributed by atoms with E-state index in [1.807, 2.05) is 32.0 Å². The predicted octanol–water partition coefficient (Wildman–Crippen LogP) is 6.69. The number of nitrogens with one attached hydrogen (secondary N) is 1. The Kier molecular flexibility index (Phi) is 7.63. The third kappa shape index (κ3) is 5.96. The predicted molar refractivity (Wildman–Crippen MR) is 139 cm³/mol. The third-order valence-electron chi connectivity index (χ3n) is 5.54. The lowest BCUT2D eigenvalue weighted by atomic mass is 10.1. The Morgan fingerprint density at radius 2 is 1.80 bits per heavy atom. The van der Waals surface area contributed by atoms with Crippen molar-refractivity contribution in [1.29, 1.82) is 0 Å². The van der Waals surface area contributed by atoms with Crippen molar-refractivity contribution in [1.82, 2.24) is 9.78 Å². The van der Waals surface area contributed by atoms with Crippen molar-refractivity contribution in [2.75, 3.05) is 12.4 Å². The summed E-state index contributed by atoms with van der Waals surface area (Å²) in [7, 11) is 1.59. The van der Waals surface area contributed by atoms with Crippen molar-refractivity contribution in [3.8, 4) is 11.5 Å². The number of carbonyl (C=O) groups excluding carboxylic acids is 1. The molecule has 1 N–H and O–H groups in total. The van der Waals surface area contributed by atoms with Crippen molar-refractivity contribution in [3.05, 3.63) is 105 Å². The molecular weight excluding hydrogens is 485 g/mol. The molecule has 4 rings (SSSR count). The molecule has 0 unspecified atom stereocenters. The zero-order valence-electron chi connectivity index (χ0n) is 19.6. The summed E-state index contributed by atoms with van der Waals surface area (Å²) in [6.07, 6.45) is 3.31. The summed E-state index contributed by atoms with van der Waals surface area (Å²) in [4.78, 5) is 12.9. The molecule has 0 aliphatic rings. The van der Waals surface area contributed by atoms with E-state index in [-0.39, 0.29) is 12.5 Å². The van der Waals surface area contributed by atoms with Crippen LogP contribution in [0.15, 0.2) is 67.0 Å². The van der Waals surface area contributed by atoms with Gasteiger partial charge in [-0.15, -0.1) is 0 Å². The van der Waals surface area contributed by atoms with E-state index in [0.29, 0.717) is 33.6 Å². The van der Waals surface area contributed by atoms with Crippen LogP contribution in [0, 0.1) is 13.8 Å². The Morgan fingerprint density at radius 3 is 2.54 bits per heavy atom. The SMILES string of the molecule is COc1ccc(C(=O)Nc2cnn(Cc3c(Cl)cccc3Cl)c2)cc1COc1cc(C)ccc1C. The number of carbonyl (C=O) groups is 1. The van der Waals surface area contributed by atoms with Gasteiger partial charge in [-0.25, -0.2) is 0 Å². The minimum Gasteiger partial charge on any atom is -0.496 e. The summed E-state index contributed by atoms with van der Waals surface area (Å²) in [6, 6.07) is 16.6. The van der Waals surface area contributed by atoms with Gasteiger partial charge in [0.1, 0.15) is 18.1 Å². The first-order valence-corrected chi connectivity index (χ1v) is 11.7. The van der Waals surface area contributed by atoms with Gasteiger partial charge in [0.05, 0.1) is 25.5 Å². The fraction of sp³-hybridized carbons (Fsp3) is 0.185. The molecule has 180 valence electrons. The number of amides is 1. The fourth-order valence-corrected chi connectivity index (χ4v) is 4.13. The Balaban J connectivity index is 1.46. The summed E-state index contributed by atoms with van der Waals surface area (Å²) in [5.41, 5.74) is 4.72. The summed E-state index contributed by atoms with van der Waals surface area (Å²) in [5, 5.41) is 8.31. The zero-order chi connectivity index (χ0) is 24.9. The molecule has 1 aromatic heterocycles. The average Bonchev–Trinajstić information content (AvgIpc) is 3.28. The summed E-state index contributed by atoms with van der Waals surface area (Å²) in [6.45, 7) is 4.67. The number of nitrogens with zero attached hydrogens (tertiary/aromatic N) is 2. The number of anilines is 1. The second kappa shape index (κ2) is 10.8. The minimum atomic E-state index is -0.268. The van der Waals surface area contributed by atoms with Crippen LogP contribution < -0.4 is 14.8 Å². The van der Waals surface area contributed by atoms with Crippen molar-refractivity contribution in [3.63, 3.8) is 0 Å². The first kappa shape index (κ1) is 24.6. The number of aromatic nitrogens is 2. The molecule has 6 nitrogen and oxygen atoms in total. The zero-order valence-corrected chi connectivity index (χ0v) is 21.2.